The van der Waals surface area contributed by atoms with Gasteiger partial charge in [0.1, 0.15) is 0 Å². The predicted octanol–water partition coefficient (Wildman–Crippen LogP) is 2.28. The normalized spacial score (nSPS) is 9.58. The highest BCUT2D eigenvalue weighted by Crippen LogP contribution is 2.02. The van der Waals surface area contributed by atoms with Gasteiger partial charge in [-0.3, -0.25) is 0 Å². The first-order valence-corrected chi connectivity index (χ1v) is 7.90. The van der Waals surface area contributed by atoms with Crippen LogP contribution in [0, 0.1) is 35.4 Å². The fourth-order valence-electron chi connectivity index (χ4n) is 1.73. The average Bonchev–Trinajstić information content (AvgIpc) is 2.51. The van der Waals surface area contributed by atoms with E-state index in [-0.39, 0.29) is 0 Å². The number of hydrogen-bond donors (Lipinski definition) is 0. The summed E-state index contributed by atoms with van der Waals surface area (Å²) >= 11 is 0. The lowest BCUT2D eigenvalue weighted by Gasteiger charge is -2.12. The van der Waals surface area contributed by atoms with Gasteiger partial charge >= 0.3 is 8.07 Å². The lowest BCUT2D eigenvalue weighted by atomic mass is 10.2. The van der Waals surface area contributed by atoms with Crippen molar-refractivity contribution in [3.8, 4) is 35.4 Å². The Bertz CT molecular complexity index is 675. The molecule has 0 nitrogen and oxygen atoms in total. The molecule has 0 bridgehead atoms. The van der Waals surface area contributed by atoms with Crippen LogP contribution in [0.5, 0.6) is 0 Å². The van der Waals surface area contributed by atoms with Crippen LogP contribution < -0.4 is 5.19 Å². The van der Waals surface area contributed by atoms with Gasteiger partial charge in [-0.25, -0.2) is 0 Å². The molecule has 0 N–H and O–H groups in total. The van der Waals surface area contributed by atoms with Crippen molar-refractivity contribution in [1.82, 2.24) is 0 Å². The molecule has 0 atom stereocenters. The smallest absolute Gasteiger partial charge is 0.124 e. The van der Waals surface area contributed by atoms with Gasteiger partial charge in [-0.05, 0) is 17.3 Å². The first-order chi connectivity index (χ1) is 9.30. The van der Waals surface area contributed by atoms with E-state index in [1.54, 1.807) is 0 Å². The van der Waals surface area contributed by atoms with Crippen LogP contribution in [0.3, 0.4) is 0 Å². The van der Waals surface area contributed by atoms with Crippen molar-refractivity contribution in [2.45, 2.75) is 0 Å². The first-order valence-electron chi connectivity index (χ1n) is 5.90. The molecule has 0 aromatic heterocycles. The Balaban J connectivity index is 2.47. The van der Waals surface area contributed by atoms with E-state index in [0.717, 1.165) is 10.8 Å². The summed E-state index contributed by atoms with van der Waals surface area (Å²) in [5.41, 5.74) is 9.68. The second-order valence-corrected chi connectivity index (χ2v) is 6.93. The molecule has 0 aliphatic heterocycles. The molecule has 0 radical (unpaired) electrons. The van der Waals surface area contributed by atoms with Crippen LogP contribution in [-0.4, -0.2) is 8.07 Å². The maximum absolute atomic E-state index is 5.68. The minimum Gasteiger partial charge on any atom is -0.124 e. The maximum atomic E-state index is 5.68. The summed E-state index contributed by atoms with van der Waals surface area (Å²) in [4.78, 5) is 0. The molecule has 88 valence electrons. The van der Waals surface area contributed by atoms with Gasteiger partial charge in [0.15, 0.2) is 0 Å². The minimum absolute atomic E-state index is 0.931. The summed E-state index contributed by atoms with van der Waals surface area (Å²) in [6.07, 6.45) is 11.4. The standard InChI is InChI=1S/C18H12Si/c1-3-19(4-2,18-13-9-6-10-14-18)16-15-17-11-7-5-8-12-17/h1-2,5-14H. The third-order valence-electron chi connectivity index (χ3n) is 2.81. The molecular formula is C18H12Si. The largest absolute Gasteiger partial charge is 0.321 e. The Morgan fingerprint density at radius 3 is 1.79 bits per heavy atom. The molecule has 0 fully saturated rings. The SMILES string of the molecule is C#C[Si](C#C)(C#Cc1ccccc1)c1ccccc1. The molecule has 2 aromatic rings. The van der Waals surface area contributed by atoms with Crippen molar-refractivity contribution in [3.63, 3.8) is 0 Å². The fourth-order valence-corrected chi connectivity index (χ4v) is 3.46. The topological polar surface area (TPSA) is 0 Å². The van der Waals surface area contributed by atoms with Crippen LogP contribution in [0.15, 0.2) is 60.7 Å². The highest BCUT2D eigenvalue weighted by Gasteiger charge is 2.29. The third kappa shape index (κ3) is 2.78. The van der Waals surface area contributed by atoms with E-state index in [2.05, 4.69) is 22.6 Å². The highest BCUT2D eigenvalue weighted by molar-refractivity contribution is 7.10. The van der Waals surface area contributed by atoms with Crippen molar-refractivity contribution in [1.29, 1.82) is 0 Å². The van der Waals surface area contributed by atoms with Gasteiger partial charge in [-0.2, -0.15) is 0 Å². The summed E-state index contributed by atoms with van der Waals surface area (Å²) in [6, 6.07) is 19.5. The zero-order valence-electron chi connectivity index (χ0n) is 10.4. The van der Waals surface area contributed by atoms with Crippen molar-refractivity contribution < 1.29 is 0 Å². The van der Waals surface area contributed by atoms with Gasteiger partial charge in [0.2, 0.25) is 0 Å². The van der Waals surface area contributed by atoms with E-state index in [0.29, 0.717) is 0 Å². The second kappa shape index (κ2) is 5.79. The summed E-state index contributed by atoms with van der Waals surface area (Å²) in [6.45, 7) is 0. The van der Waals surface area contributed by atoms with Crippen molar-refractivity contribution in [2.24, 2.45) is 0 Å². The third-order valence-corrected chi connectivity index (χ3v) is 5.37. The zero-order valence-corrected chi connectivity index (χ0v) is 11.4. The lowest BCUT2D eigenvalue weighted by Crippen LogP contribution is -2.44. The van der Waals surface area contributed by atoms with Gasteiger partial charge in [0, 0.05) is 5.56 Å². The van der Waals surface area contributed by atoms with E-state index >= 15 is 0 Å². The Hall–Kier alpha value is -2.66. The number of hydrogen-bond acceptors (Lipinski definition) is 0. The van der Waals surface area contributed by atoms with Gasteiger partial charge in [-0.15, -0.1) is 12.8 Å². The van der Waals surface area contributed by atoms with Gasteiger partial charge in [0.05, 0.1) is 0 Å². The maximum Gasteiger partial charge on any atom is 0.321 e. The Labute approximate surface area is 115 Å². The molecule has 2 aromatic carbocycles. The van der Waals surface area contributed by atoms with Crippen LogP contribution in [0.25, 0.3) is 0 Å². The number of benzene rings is 2. The second-order valence-electron chi connectivity index (χ2n) is 4.02. The van der Waals surface area contributed by atoms with E-state index < -0.39 is 8.07 Å². The number of terminal acetylenes is 2. The molecule has 19 heavy (non-hydrogen) atoms. The van der Waals surface area contributed by atoms with Crippen molar-refractivity contribution in [2.75, 3.05) is 0 Å². The monoisotopic (exact) mass is 256 g/mol. The van der Waals surface area contributed by atoms with E-state index in [1.807, 2.05) is 60.7 Å². The lowest BCUT2D eigenvalue weighted by molar-refractivity contribution is 1.65. The van der Waals surface area contributed by atoms with Gasteiger partial charge < -0.3 is 0 Å². The molecule has 0 saturated carbocycles. The summed E-state index contributed by atoms with van der Waals surface area (Å²) < 4.78 is 0. The van der Waals surface area contributed by atoms with Gasteiger partial charge in [0.25, 0.3) is 0 Å². The summed E-state index contributed by atoms with van der Waals surface area (Å²) in [5.74, 6) is 3.11. The Morgan fingerprint density at radius 2 is 1.26 bits per heavy atom. The van der Waals surface area contributed by atoms with Crippen LogP contribution in [0.2, 0.25) is 0 Å². The minimum atomic E-state index is -2.61. The van der Waals surface area contributed by atoms with E-state index in [1.165, 1.54) is 0 Å². The molecule has 0 spiro atoms. The van der Waals surface area contributed by atoms with Crippen LogP contribution >= 0.6 is 0 Å². The molecule has 2 rings (SSSR count). The summed E-state index contributed by atoms with van der Waals surface area (Å²) in [7, 11) is -2.61. The Morgan fingerprint density at radius 1 is 0.737 bits per heavy atom. The van der Waals surface area contributed by atoms with Gasteiger partial charge in [-0.1, -0.05) is 71.1 Å². The van der Waals surface area contributed by atoms with Crippen LogP contribution in [0.4, 0.5) is 0 Å². The molecule has 0 saturated heterocycles. The highest BCUT2D eigenvalue weighted by atomic mass is 28.3. The quantitative estimate of drug-likeness (QED) is 0.542. The van der Waals surface area contributed by atoms with Crippen LogP contribution in [-0.2, 0) is 0 Å². The molecule has 1 heteroatoms. The van der Waals surface area contributed by atoms with E-state index in [4.69, 9.17) is 12.8 Å². The van der Waals surface area contributed by atoms with Crippen LogP contribution in [0.1, 0.15) is 5.56 Å². The molecule has 0 amide bonds. The van der Waals surface area contributed by atoms with Crippen molar-refractivity contribution >= 4 is 13.3 Å². The molecular weight excluding hydrogens is 244 g/mol. The van der Waals surface area contributed by atoms with Crippen molar-refractivity contribution in [3.05, 3.63) is 66.2 Å². The zero-order chi connectivity index (χ0) is 13.6. The molecule has 0 aliphatic carbocycles. The first kappa shape index (κ1) is 12.8. The molecule has 0 aliphatic rings. The van der Waals surface area contributed by atoms with E-state index in [9.17, 15) is 0 Å². The fraction of sp³-hybridized carbons (Fsp3) is 0. The predicted molar refractivity (Wildman–Crippen MR) is 82.8 cm³/mol. The summed E-state index contributed by atoms with van der Waals surface area (Å²) in [5, 5.41) is 0.989. The number of rotatable bonds is 1. The Kier molecular flexibility index (Phi) is 3.90. The molecule has 0 heterocycles. The molecule has 0 unspecified atom stereocenters. The average molecular weight is 256 g/mol.